The normalized spacial score (nSPS) is 13.3. The van der Waals surface area contributed by atoms with Gasteiger partial charge in [-0.15, -0.1) is 0 Å². The Bertz CT molecular complexity index is 1030. The van der Waals surface area contributed by atoms with Gasteiger partial charge in [0.25, 0.3) is 0 Å². The molecule has 2 aromatic heterocycles. The van der Waals surface area contributed by atoms with E-state index in [1.807, 2.05) is 59.2 Å². The summed E-state index contributed by atoms with van der Waals surface area (Å²) in [5.41, 5.74) is 8.13. The molecule has 1 aromatic carbocycles. The number of amides is 1. The number of aromatic nitrogens is 3. The molecule has 1 fully saturated rings. The molecule has 4 rings (SSSR count). The van der Waals surface area contributed by atoms with Crippen molar-refractivity contribution in [1.29, 1.82) is 0 Å². The van der Waals surface area contributed by atoms with Crippen LogP contribution >= 0.6 is 0 Å². The van der Waals surface area contributed by atoms with Crippen LogP contribution in [0.25, 0.3) is 0 Å². The van der Waals surface area contributed by atoms with E-state index in [4.69, 9.17) is 5.73 Å². The number of rotatable bonds is 9. The van der Waals surface area contributed by atoms with Crippen LogP contribution < -0.4 is 16.0 Å². The average molecular weight is 408 g/mol. The molecule has 0 aliphatic heterocycles. The average Bonchev–Trinajstić information content (AvgIpc) is 3.48. The van der Waals surface area contributed by atoms with Gasteiger partial charge < -0.3 is 20.5 Å². The van der Waals surface area contributed by atoms with Crippen LogP contribution in [-0.4, -0.2) is 26.5 Å². The number of nitrogens with one attached hydrogen (secondary N) is 1. The lowest BCUT2D eigenvalue weighted by Crippen LogP contribution is -2.27. The van der Waals surface area contributed by atoms with E-state index in [0.29, 0.717) is 24.9 Å². The van der Waals surface area contributed by atoms with Gasteiger partial charge in [0.05, 0.1) is 6.42 Å². The molecule has 7 nitrogen and oxygen atoms in total. The van der Waals surface area contributed by atoms with Gasteiger partial charge in [0.1, 0.15) is 6.33 Å². The zero-order chi connectivity index (χ0) is 21.1. The maximum absolute atomic E-state index is 15.2. The number of hydrogen-bond donors (Lipinski definition) is 2. The number of hydrogen-bond acceptors (Lipinski definition) is 5. The Morgan fingerprint density at radius 1 is 1.20 bits per heavy atom. The van der Waals surface area contributed by atoms with E-state index in [-0.39, 0.29) is 18.1 Å². The van der Waals surface area contributed by atoms with Crippen molar-refractivity contribution in [1.82, 2.24) is 14.5 Å². The summed E-state index contributed by atoms with van der Waals surface area (Å²) < 4.78 is 17.2. The molecule has 30 heavy (non-hydrogen) atoms. The van der Waals surface area contributed by atoms with Crippen molar-refractivity contribution in [2.75, 3.05) is 10.2 Å². The fraction of sp³-hybridized carbons (Fsp3) is 0.318. The summed E-state index contributed by atoms with van der Waals surface area (Å²) in [4.78, 5) is 21.4. The number of aryl methyl sites for hydroxylation is 1. The minimum atomic E-state index is -0.439. The van der Waals surface area contributed by atoms with Crippen molar-refractivity contribution in [2.45, 2.75) is 38.4 Å². The summed E-state index contributed by atoms with van der Waals surface area (Å²) in [6.45, 7) is 1.02. The predicted octanol–water partition coefficient (Wildman–Crippen LogP) is 2.76. The number of halogens is 1. The minimum Gasteiger partial charge on any atom is -0.369 e. The van der Waals surface area contributed by atoms with Gasteiger partial charge in [-0.25, -0.2) is 9.97 Å². The third-order valence-corrected chi connectivity index (χ3v) is 5.14. The van der Waals surface area contributed by atoms with Gasteiger partial charge >= 0.3 is 0 Å². The lowest BCUT2D eigenvalue weighted by atomic mass is 10.1. The Hall–Kier alpha value is -3.42. The van der Waals surface area contributed by atoms with E-state index in [0.717, 1.165) is 29.5 Å². The van der Waals surface area contributed by atoms with Crippen LogP contribution in [0.15, 0.2) is 49.1 Å². The smallest absolute Gasteiger partial charge is 0.221 e. The molecule has 0 spiro atoms. The predicted molar refractivity (Wildman–Crippen MR) is 113 cm³/mol. The standard InChI is InChI=1S/C22H25FN6O/c1-28-9-8-17(12-28)13-29(18-6-7-18)22-20(23)21(26-14-27-22)25-11-16-4-2-15(3-5-16)10-19(24)30/h2-5,8-9,12,14,18H,6-7,10-11,13H2,1H3,(H2,24,30)(H,25,26,27). The highest BCUT2D eigenvalue weighted by Gasteiger charge is 2.32. The fourth-order valence-electron chi connectivity index (χ4n) is 3.46. The van der Waals surface area contributed by atoms with E-state index >= 15 is 4.39 Å². The Morgan fingerprint density at radius 2 is 1.93 bits per heavy atom. The van der Waals surface area contributed by atoms with E-state index in [2.05, 4.69) is 15.3 Å². The molecule has 3 N–H and O–H groups in total. The van der Waals surface area contributed by atoms with Gasteiger partial charge in [-0.1, -0.05) is 24.3 Å². The molecule has 1 aliphatic rings. The van der Waals surface area contributed by atoms with E-state index in [1.165, 1.54) is 6.33 Å². The summed E-state index contributed by atoms with van der Waals surface area (Å²) in [6.07, 6.45) is 7.70. The first kappa shape index (κ1) is 19.9. The van der Waals surface area contributed by atoms with Crippen molar-refractivity contribution >= 4 is 17.5 Å². The van der Waals surface area contributed by atoms with E-state index in [9.17, 15) is 4.79 Å². The Labute approximate surface area is 174 Å². The van der Waals surface area contributed by atoms with Gasteiger partial charge in [0.15, 0.2) is 11.6 Å². The van der Waals surface area contributed by atoms with Crippen LogP contribution in [0.4, 0.5) is 16.0 Å². The second-order valence-electron chi connectivity index (χ2n) is 7.72. The van der Waals surface area contributed by atoms with Gasteiger partial charge in [-0.3, -0.25) is 4.79 Å². The number of carbonyl (C=O) groups is 1. The molecular weight excluding hydrogens is 383 g/mol. The van der Waals surface area contributed by atoms with Crippen LogP contribution in [0.1, 0.15) is 29.5 Å². The first-order valence-electron chi connectivity index (χ1n) is 9.97. The number of anilines is 2. The third kappa shape index (κ3) is 4.76. The first-order chi connectivity index (χ1) is 14.5. The second kappa shape index (κ2) is 8.52. The van der Waals surface area contributed by atoms with E-state index < -0.39 is 5.82 Å². The molecular formula is C22H25FN6O. The quantitative estimate of drug-likeness (QED) is 0.568. The van der Waals surface area contributed by atoms with Crippen LogP contribution in [-0.2, 0) is 31.4 Å². The monoisotopic (exact) mass is 408 g/mol. The zero-order valence-electron chi connectivity index (χ0n) is 16.9. The molecule has 156 valence electrons. The van der Waals surface area contributed by atoms with E-state index in [1.54, 1.807) is 0 Å². The molecule has 1 amide bonds. The van der Waals surface area contributed by atoms with Crippen molar-refractivity contribution in [3.8, 4) is 0 Å². The molecule has 0 atom stereocenters. The summed E-state index contributed by atoms with van der Waals surface area (Å²) in [5, 5.41) is 3.06. The summed E-state index contributed by atoms with van der Waals surface area (Å²) in [5.74, 6) is -0.298. The second-order valence-corrected chi connectivity index (χ2v) is 7.72. The molecule has 0 saturated heterocycles. The number of benzene rings is 1. The van der Waals surface area contributed by atoms with Crippen LogP contribution in [0.2, 0.25) is 0 Å². The Morgan fingerprint density at radius 3 is 2.57 bits per heavy atom. The summed E-state index contributed by atoms with van der Waals surface area (Å²) in [6, 6.07) is 9.81. The van der Waals surface area contributed by atoms with Crippen LogP contribution in [0.3, 0.4) is 0 Å². The van der Waals surface area contributed by atoms with Crippen molar-refractivity contribution < 1.29 is 9.18 Å². The van der Waals surface area contributed by atoms with Gasteiger partial charge in [-0.05, 0) is 35.6 Å². The van der Waals surface area contributed by atoms with Gasteiger partial charge in [0, 0.05) is 38.6 Å². The molecule has 8 heteroatoms. The van der Waals surface area contributed by atoms with Crippen LogP contribution in [0, 0.1) is 5.82 Å². The summed E-state index contributed by atoms with van der Waals surface area (Å²) >= 11 is 0. The molecule has 0 unspecified atom stereocenters. The number of nitrogens with zero attached hydrogens (tertiary/aromatic N) is 4. The molecule has 0 bridgehead atoms. The zero-order valence-corrected chi connectivity index (χ0v) is 16.9. The maximum atomic E-state index is 15.2. The number of carbonyl (C=O) groups excluding carboxylic acids is 1. The highest BCUT2D eigenvalue weighted by atomic mass is 19.1. The maximum Gasteiger partial charge on any atom is 0.221 e. The van der Waals surface area contributed by atoms with Crippen molar-refractivity contribution in [3.05, 3.63) is 71.6 Å². The lowest BCUT2D eigenvalue weighted by Gasteiger charge is -2.24. The molecule has 1 saturated carbocycles. The SMILES string of the molecule is Cn1ccc(CN(c2ncnc(NCc3ccc(CC(N)=O)cc3)c2F)C2CC2)c1. The van der Waals surface area contributed by atoms with Crippen LogP contribution in [0.5, 0.6) is 0 Å². The van der Waals surface area contributed by atoms with Gasteiger partial charge in [0.2, 0.25) is 11.7 Å². The number of primary amides is 1. The van der Waals surface area contributed by atoms with Gasteiger partial charge in [-0.2, -0.15) is 4.39 Å². The first-order valence-corrected chi connectivity index (χ1v) is 9.97. The lowest BCUT2D eigenvalue weighted by molar-refractivity contribution is -0.117. The highest BCUT2D eigenvalue weighted by Crippen LogP contribution is 2.34. The Balaban J connectivity index is 1.47. The van der Waals surface area contributed by atoms with Crippen molar-refractivity contribution in [3.63, 3.8) is 0 Å². The molecule has 2 heterocycles. The minimum absolute atomic E-state index is 0.180. The highest BCUT2D eigenvalue weighted by molar-refractivity contribution is 5.76. The molecule has 0 radical (unpaired) electrons. The summed E-state index contributed by atoms with van der Waals surface area (Å²) in [7, 11) is 1.97. The molecule has 1 aliphatic carbocycles. The Kier molecular flexibility index (Phi) is 5.65. The molecule has 3 aromatic rings. The topological polar surface area (TPSA) is 89.1 Å². The largest absolute Gasteiger partial charge is 0.369 e. The number of nitrogens with two attached hydrogens (primary N) is 1. The van der Waals surface area contributed by atoms with Crippen molar-refractivity contribution in [2.24, 2.45) is 12.8 Å². The fourth-order valence-corrected chi connectivity index (χ4v) is 3.46. The third-order valence-electron chi connectivity index (χ3n) is 5.14.